The van der Waals surface area contributed by atoms with E-state index in [9.17, 15) is 23.1 Å². The molecule has 0 aromatic heterocycles. The highest BCUT2D eigenvalue weighted by Crippen LogP contribution is 2.35. The summed E-state index contributed by atoms with van der Waals surface area (Å²) in [5, 5.41) is 15.2. The first kappa shape index (κ1) is 28.2. The molecule has 1 aliphatic rings. The van der Waals surface area contributed by atoms with Gasteiger partial charge in [0, 0.05) is 25.2 Å². The molecule has 0 saturated carbocycles. The monoisotopic (exact) mass is 534 g/mol. The Morgan fingerprint density at radius 2 is 1.92 bits per heavy atom. The fraction of sp³-hybridized carbons (Fsp3) is 0.440. The standard InChI is InChI=1S/C25H34N4O7S/c1-16-13-29(17(2)15-30)24(31)20-7-6-8-21(23(20)36-22(16)14-28(3)37(5,33)34)27-25(32)26-18-9-11-19(35-4)12-10-18/h6-12,16-17,22,30H,13-15H2,1-5H3,(H2,26,27,32)/t16-,17+,22-/m0/s1. The second-order valence-corrected chi connectivity index (χ2v) is 11.2. The third kappa shape index (κ3) is 6.90. The van der Waals surface area contributed by atoms with Gasteiger partial charge in [-0.25, -0.2) is 17.5 Å². The topological polar surface area (TPSA) is 138 Å². The van der Waals surface area contributed by atoms with Gasteiger partial charge in [0.15, 0.2) is 5.75 Å². The van der Waals surface area contributed by atoms with Crippen molar-refractivity contribution in [2.75, 3.05) is 50.7 Å². The Labute approximate surface area is 217 Å². The number of methoxy groups -OCH3 is 1. The van der Waals surface area contributed by atoms with Crippen molar-refractivity contribution in [3.05, 3.63) is 48.0 Å². The predicted molar refractivity (Wildman–Crippen MR) is 141 cm³/mol. The molecule has 0 unspecified atom stereocenters. The number of hydrogen-bond acceptors (Lipinski definition) is 7. The fourth-order valence-corrected chi connectivity index (χ4v) is 4.33. The van der Waals surface area contributed by atoms with E-state index < -0.39 is 28.2 Å². The molecule has 0 spiro atoms. The van der Waals surface area contributed by atoms with Gasteiger partial charge in [-0.2, -0.15) is 0 Å². The Bertz CT molecular complexity index is 1220. The molecular formula is C25H34N4O7S. The number of para-hydroxylation sites is 1. The Hall–Kier alpha value is -3.35. The zero-order valence-corrected chi connectivity index (χ0v) is 22.4. The van der Waals surface area contributed by atoms with Crippen molar-refractivity contribution in [1.29, 1.82) is 0 Å². The number of likely N-dealkylation sites (N-methyl/N-ethyl adjacent to an activating group) is 1. The minimum Gasteiger partial charge on any atom is -0.497 e. The normalized spacial score (nSPS) is 18.8. The zero-order chi connectivity index (χ0) is 27.3. The molecule has 3 atom stereocenters. The number of sulfonamides is 1. The van der Waals surface area contributed by atoms with E-state index in [-0.39, 0.29) is 48.5 Å². The molecule has 0 bridgehead atoms. The maximum atomic E-state index is 13.5. The number of anilines is 2. The van der Waals surface area contributed by atoms with Crippen molar-refractivity contribution in [2.24, 2.45) is 5.92 Å². The van der Waals surface area contributed by atoms with Gasteiger partial charge in [0.2, 0.25) is 10.0 Å². The van der Waals surface area contributed by atoms with Crippen LogP contribution in [0.1, 0.15) is 24.2 Å². The van der Waals surface area contributed by atoms with Crippen LogP contribution in [0.5, 0.6) is 11.5 Å². The number of rotatable bonds is 8. The summed E-state index contributed by atoms with van der Waals surface area (Å²) in [5.74, 6) is 0.114. The number of amides is 3. The van der Waals surface area contributed by atoms with Crippen molar-refractivity contribution >= 4 is 33.3 Å². The number of carbonyl (C=O) groups is 2. The van der Waals surface area contributed by atoms with E-state index in [1.807, 2.05) is 6.92 Å². The maximum absolute atomic E-state index is 13.5. The van der Waals surface area contributed by atoms with Gasteiger partial charge >= 0.3 is 6.03 Å². The Kier molecular flexibility index (Phi) is 9.00. The van der Waals surface area contributed by atoms with Crippen molar-refractivity contribution in [3.63, 3.8) is 0 Å². The maximum Gasteiger partial charge on any atom is 0.323 e. The molecule has 3 rings (SSSR count). The van der Waals surface area contributed by atoms with Gasteiger partial charge in [-0.05, 0) is 43.3 Å². The molecule has 0 saturated heterocycles. The second kappa shape index (κ2) is 11.8. The first-order valence-electron chi connectivity index (χ1n) is 11.8. The molecule has 0 radical (unpaired) electrons. The molecule has 2 aromatic rings. The summed E-state index contributed by atoms with van der Waals surface area (Å²) in [7, 11) is -0.493. The third-order valence-electron chi connectivity index (χ3n) is 6.29. The molecule has 3 amide bonds. The number of aliphatic hydroxyl groups is 1. The molecule has 202 valence electrons. The molecular weight excluding hydrogens is 500 g/mol. The van der Waals surface area contributed by atoms with Crippen LogP contribution in [0.4, 0.5) is 16.2 Å². The van der Waals surface area contributed by atoms with Crippen LogP contribution in [0, 0.1) is 5.92 Å². The number of fused-ring (bicyclic) bond motifs is 1. The summed E-state index contributed by atoms with van der Waals surface area (Å²) in [4.78, 5) is 27.9. The third-order valence-corrected chi connectivity index (χ3v) is 7.57. The van der Waals surface area contributed by atoms with E-state index in [0.717, 1.165) is 6.26 Å². The quantitative estimate of drug-likeness (QED) is 0.473. The number of hydrogen-bond donors (Lipinski definition) is 3. The molecule has 2 aromatic carbocycles. The predicted octanol–water partition coefficient (Wildman–Crippen LogP) is 2.45. The lowest BCUT2D eigenvalue weighted by molar-refractivity contribution is 0.0389. The lowest BCUT2D eigenvalue weighted by Gasteiger charge is -2.38. The molecule has 0 aliphatic carbocycles. The average molecular weight is 535 g/mol. The van der Waals surface area contributed by atoms with Gasteiger partial charge < -0.3 is 30.1 Å². The highest BCUT2D eigenvalue weighted by atomic mass is 32.2. The summed E-state index contributed by atoms with van der Waals surface area (Å²) in [6, 6.07) is 10.5. The molecule has 3 N–H and O–H groups in total. The molecule has 11 nitrogen and oxygen atoms in total. The van der Waals surface area contributed by atoms with Crippen LogP contribution in [-0.2, 0) is 10.0 Å². The van der Waals surface area contributed by atoms with Gasteiger partial charge in [-0.15, -0.1) is 0 Å². The molecule has 1 heterocycles. The van der Waals surface area contributed by atoms with Crippen molar-refractivity contribution in [3.8, 4) is 11.5 Å². The van der Waals surface area contributed by atoms with Crippen LogP contribution >= 0.6 is 0 Å². The van der Waals surface area contributed by atoms with Gasteiger partial charge in [0.1, 0.15) is 11.9 Å². The summed E-state index contributed by atoms with van der Waals surface area (Å²) < 4.78 is 36.8. The molecule has 0 fully saturated rings. The van der Waals surface area contributed by atoms with E-state index in [0.29, 0.717) is 11.4 Å². The Morgan fingerprint density at radius 1 is 1.24 bits per heavy atom. The van der Waals surface area contributed by atoms with E-state index in [1.165, 1.54) is 11.4 Å². The van der Waals surface area contributed by atoms with E-state index in [2.05, 4.69) is 10.6 Å². The summed E-state index contributed by atoms with van der Waals surface area (Å²) >= 11 is 0. The summed E-state index contributed by atoms with van der Waals surface area (Å²) in [6.07, 6.45) is 0.460. The highest BCUT2D eigenvalue weighted by molar-refractivity contribution is 7.88. The number of nitrogens with one attached hydrogen (secondary N) is 2. The lowest BCUT2D eigenvalue weighted by Crippen LogP contribution is -2.50. The fourth-order valence-electron chi connectivity index (χ4n) is 3.91. The van der Waals surface area contributed by atoms with Gasteiger partial charge in [0.05, 0.1) is 43.8 Å². The number of nitrogens with zero attached hydrogens (tertiary/aromatic N) is 2. The van der Waals surface area contributed by atoms with Crippen LogP contribution in [0.3, 0.4) is 0 Å². The summed E-state index contributed by atoms with van der Waals surface area (Å²) in [6.45, 7) is 3.61. The number of urea groups is 1. The van der Waals surface area contributed by atoms with Crippen molar-refractivity contribution < 1.29 is 32.6 Å². The smallest absolute Gasteiger partial charge is 0.323 e. The molecule has 12 heteroatoms. The number of carbonyl (C=O) groups excluding carboxylic acids is 2. The average Bonchev–Trinajstić information content (AvgIpc) is 2.85. The number of aliphatic hydroxyl groups excluding tert-OH is 1. The van der Waals surface area contributed by atoms with Gasteiger partial charge in [-0.3, -0.25) is 4.79 Å². The first-order valence-corrected chi connectivity index (χ1v) is 13.6. The van der Waals surface area contributed by atoms with Crippen LogP contribution in [-0.4, -0.2) is 86.9 Å². The summed E-state index contributed by atoms with van der Waals surface area (Å²) in [5.41, 5.74) is 0.967. The number of ether oxygens (including phenoxy) is 2. The first-order chi connectivity index (χ1) is 17.4. The highest BCUT2D eigenvalue weighted by Gasteiger charge is 2.35. The van der Waals surface area contributed by atoms with Crippen LogP contribution in [0.2, 0.25) is 0 Å². The largest absolute Gasteiger partial charge is 0.497 e. The van der Waals surface area contributed by atoms with Crippen LogP contribution in [0.15, 0.2) is 42.5 Å². The lowest BCUT2D eigenvalue weighted by atomic mass is 9.99. The van der Waals surface area contributed by atoms with Crippen LogP contribution < -0.4 is 20.1 Å². The Balaban J connectivity index is 1.97. The van der Waals surface area contributed by atoms with Gasteiger partial charge in [0.25, 0.3) is 5.91 Å². The van der Waals surface area contributed by atoms with Gasteiger partial charge in [-0.1, -0.05) is 13.0 Å². The second-order valence-electron chi connectivity index (χ2n) is 9.16. The minimum absolute atomic E-state index is 0.0291. The van der Waals surface area contributed by atoms with E-state index in [1.54, 1.807) is 61.4 Å². The van der Waals surface area contributed by atoms with Crippen LogP contribution in [0.25, 0.3) is 0 Å². The molecule has 1 aliphatic heterocycles. The molecule has 37 heavy (non-hydrogen) atoms. The van der Waals surface area contributed by atoms with E-state index in [4.69, 9.17) is 9.47 Å². The zero-order valence-electron chi connectivity index (χ0n) is 21.6. The Morgan fingerprint density at radius 3 is 2.51 bits per heavy atom. The SMILES string of the molecule is COc1ccc(NC(=O)Nc2cccc3c2O[C@@H](CN(C)S(C)(=O)=O)[C@@H](C)CN([C@H](C)CO)C3=O)cc1. The number of benzene rings is 2. The van der Waals surface area contributed by atoms with Crippen molar-refractivity contribution in [2.45, 2.75) is 26.0 Å². The minimum atomic E-state index is -3.49. The van der Waals surface area contributed by atoms with E-state index >= 15 is 0 Å². The van der Waals surface area contributed by atoms with Crippen molar-refractivity contribution in [1.82, 2.24) is 9.21 Å².